The highest BCUT2D eigenvalue weighted by molar-refractivity contribution is 6.08. The third-order valence-corrected chi connectivity index (χ3v) is 6.42. The van der Waals surface area contributed by atoms with Crippen LogP contribution in [0.15, 0.2) is 66.7 Å². The van der Waals surface area contributed by atoms with Crippen LogP contribution >= 0.6 is 0 Å². The molecule has 0 aromatic heterocycles. The van der Waals surface area contributed by atoms with Crippen LogP contribution in [-0.4, -0.2) is 53.8 Å². The lowest BCUT2D eigenvalue weighted by atomic mass is 9.85. The van der Waals surface area contributed by atoms with Crippen LogP contribution in [0.5, 0.6) is 0 Å². The lowest BCUT2D eigenvalue weighted by Crippen LogP contribution is -2.48. The number of nitrogens with one attached hydrogen (secondary N) is 1. The summed E-state index contributed by atoms with van der Waals surface area (Å²) >= 11 is 0. The average molecular weight is 505 g/mol. The zero-order valence-electron chi connectivity index (χ0n) is 20.4. The molecule has 0 bridgehead atoms. The number of allylic oxidation sites excluding steroid dienone is 2. The Labute approximate surface area is 214 Å². The zero-order valence-corrected chi connectivity index (χ0v) is 20.4. The topological polar surface area (TPSA) is 119 Å². The molecule has 1 fully saturated rings. The number of imide groups is 1. The number of carbonyl (C=O) groups excluding carboxylic acids is 5. The summed E-state index contributed by atoms with van der Waals surface area (Å²) in [4.78, 5) is 64.7. The van der Waals surface area contributed by atoms with Gasteiger partial charge in [-0.2, -0.15) is 0 Å². The molecule has 1 saturated heterocycles. The van der Waals surface area contributed by atoms with Crippen molar-refractivity contribution in [2.24, 2.45) is 11.8 Å². The van der Waals surface area contributed by atoms with Crippen LogP contribution in [0.3, 0.4) is 0 Å². The standard InChI is InChI=1S/C28H28N2O7/c1-2-36-27(34)19-12-14-20(15-13-19)29-24(31)17-37-28(35)23(16-18-8-4-3-5-9-18)30-25(32)21-10-6-7-11-22(21)26(30)33/h3-9,12-15,21-23H,2,10-11,16-17H2,1H3,(H,29,31)/t21-,22+,23-/m0/s1. The summed E-state index contributed by atoms with van der Waals surface area (Å²) in [5, 5.41) is 2.59. The summed E-state index contributed by atoms with van der Waals surface area (Å²) in [6, 6.07) is 13.9. The van der Waals surface area contributed by atoms with E-state index in [1.165, 1.54) is 24.3 Å². The van der Waals surface area contributed by atoms with E-state index in [4.69, 9.17) is 9.47 Å². The molecule has 9 heteroatoms. The van der Waals surface area contributed by atoms with Gasteiger partial charge in [0.1, 0.15) is 6.04 Å². The van der Waals surface area contributed by atoms with Crippen molar-refractivity contribution in [2.45, 2.75) is 32.2 Å². The van der Waals surface area contributed by atoms with Crippen molar-refractivity contribution < 1.29 is 33.4 Å². The minimum atomic E-state index is -1.18. The van der Waals surface area contributed by atoms with Crippen LogP contribution < -0.4 is 5.32 Å². The molecule has 0 radical (unpaired) electrons. The second-order valence-corrected chi connectivity index (χ2v) is 8.86. The Morgan fingerprint density at radius 1 is 0.919 bits per heavy atom. The van der Waals surface area contributed by atoms with E-state index in [0.29, 0.717) is 24.1 Å². The highest BCUT2D eigenvalue weighted by Gasteiger charge is 2.51. The third kappa shape index (κ3) is 5.94. The highest BCUT2D eigenvalue weighted by atomic mass is 16.5. The fourth-order valence-electron chi connectivity index (χ4n) is 4.58. The first-order chi connectivity index (χ1) is 17.9. The highest BCUT2D eigenvalue weighted by Crippen LogP contribution is 2.36. The minimum Gasteiger partial charge on any atom is -0.462 e. The monoisotopic (exact) mass is 504 g/mol. The second-order valence-electron chi connectivity index (χ2n) is 8.86. The summed E-state index contributed by atoms with van der Waals surface area (Å²) in [6.45, 7) is 1.35. The molecule has 3 atom stereocenters. The Kier molecular flexibility index (Phi) is 8.12. The van der Waals surface area contributed by atoms with Gasteiger partial charge in [-0.05, 0) is 49.6 Å². The Morgan fingerprint density at radius 3 is 2.14 bits per heavy atom. The van der Waals surface area contributed by atoms with E-state index in [2.05, 4.69) is 5.32 Å². The van der Waals surface area contributed by atoms with Crippen LogP contribution in [-0.2, 0) is 35.1 Å². The van der Waals surface area contributed by atoms with Gasteiger partial charge < -0.3 is 14.8 Å². The molecule has 0 saturated carbocycles. The summed E-state index contributed by atoms with van der Waals surface area (Å²) in [5.74, 6) is -3.64. The normalized spacial score (nSPS) is 19.2. The smallest absolute Gasteiger partial charge is 0.338 e. The molecule has 1 aliphatic heterocycles. The number of ether oxygens (including phenoxy) is 2. The number of amides is 3. The summed E-state index contributed by atoms with van der Waals surface area (Å²) in [5.41, 5.74) is 1.49. The van der Waals surface area contributed by atoms with Gasteiger partial charge in [-0.25, -0.2) is 9.59 Å². The molecular weight excluding hydrogens is 476 g/mol. The molecule has 3 amide bonds. The maximum atomic E-state index is 13.2. The lowest BCUT2D eigenvalue weighted by Gasteiger charge is -2.25. The van der Waals surface area contributed by atoms with Gasteiger partial charge in [0.25, 0.3) is 5.91 Å². The molecule has 37 heavy (non-hydrogen) atoms. The SMILES string of the molecule is CCOC(=O)c1ccc(NC(=O)COC(=O)[C@H](Cc2ccccc2)N2C(=O)[C@H]3CC=CC[C@H]3C2=O)cc1. The van der Waals surface area contributed by atoms with Gasteiger partial charge >= 0.3 is 11.9 Å². The Balaban J connectivity index is 1.42. The van der Waals surface area contributed by atoms with Gasteiger partial charge in [0, 0.05) is 12.1 Å². The van der Waals surface area contributed by atoms with E-state index < -0.39 is 42.3 Å². The number of nitrogens with zero attached hydrogens (tertiary/aromatic N) is 1. The summed E-state index contributed by atoms with van der Waals surface area (Å²) in [6.07, 6.45) is 4.75. The molecule has 9 nitrogen and oxygen atoms in total. The second kappa shape index (κ2) is 11.6. The van der Waals surface area contributed by atoms with Crippen molar-refractivity contribution in [1.82, 2.24) is 4.90 Å². The lowest BCUT2D eigenvalue weighted by molar-refractivity contribution is -0.159. The molecule has 1 heterocycles. The number of hydrogen-bond acceptors (Lipinski definition) is 7. The van der Waals surface area contributed by atoms with Crippen molar-refractivity contribution in [3.8, 4) is 0 Å². The summed E-state index contributed by atoms with van der Waals surface area (Å²) < 4.78 is 10.2. The predicted octanol–water partition coefficient (Wildman–Crippen LogP) is 2.91. The van der Waals surface area contributed by atoms with E-state index in [0.717, 1.165) is 10.5 Å². The molecular formula is C28H28N2O7. The average Bonchev–Trinajstić information content (AvgIpc) is 3.16. The van der Waals surface area contributed by atoms with Gasteiger partial charge in [-0.15, -0.1) is 0 Å². The molecule has 192 valence electrons. The minimum absolute atomic E-state index is 0.0843. The van der Waals surface area contributed by atoms with Crippen molar-refractivity contribution in [3.63, 3.8) is 0 Å². The number of esters is 2. The third-order valence-electron chi connectivity index (χ3n) is 6.42. The molecule has 2 aromatic carbocycles. The number of hydrogen-bond donors (Lipinski definition) is 1. The maximum absolute atomic E-state index is 13.2. The zero-order chi connectivity index (χ0) is 26.4. The first-order valence-corrected chi connectivity index (χ1v) is 12.2. The summed E-state index contributed by atoms with van der Waals surface area (Å²) in [7, 11) is 0. The van der Waals surface area contributed by atoms with Gasteiger partial charge in [0.15, 0.2) is 6.61 Å². The van der Waals surface area contributed by atoms with Crippen molar-refractivity contribution in [1.29, 1.82) is 0 Å². The molecule has 4 rings (SSSR count). The van der Waals surface area contributed by atoms with Crippen LogP contribution in [0.25, 0.3) is 0 Å². The molecule has 2 aliphatic rings. The van der Waals surface area contributed by atoms with Crippen LogP contribution in [0.2, 0.25) is 0 Å². The van der Waals surface area contributed by atoms with E-state index in [-0.39, 0.29) is 24.8 Å². The number of carbonyl (C=O) groups is 5. The van der Waals surface area contributed by atoms with Crippen LogP contribution in [0, 0.1) is 11.8 Å². The number of benzene rings is 2. The Hall–Kier alpha value is -4.27. The fourth-order valence-corrected chi connectivity index (χ4v) is 4.58. The molecule has 2 aromatic rings. The molecule has 1 N–H and O–H groups in total. The van der Waals surface area contributed by atoms with Gasteiger partial charge in [-0.3, -0.25) is 19.3 Å². The van der Waals surface area contributed by atoms with E-state index in [9.17, 15) is 24.0 Å². The number of rotatable bonds is 9. The number of fused-ring (bicyclic) bond motifs is 1. The fraction of sp³-hybridized carbons (Fsp3) is 0.321. The number of anilines is 1. The Morgan fingerprint density at radius 2 is 1.54 bits per heavy atom. The van der Waals surface area contributed by atoms with Crippen molar-refractivity contribution >= 4 is 35.3 Å². The van der Waals surface area contributed by atoms with Crippen molar-refractivity contribution in [3.05, 3.63) is 77.9 Å². The van der Waals surface area contributed by atoms with E-state index >= 15 is 0 Å². The molecule has 0 spiro atoms. The van der Waals surface area contributed by atoms with E-state index in [1.807, 2.05) is 18.2 Å². The molecule has 1 aliphatic carbocycles. The van der Waals surface area contributed by atoms with Crippen LogP contribution in [0.1, 0.15) is 35.7 Å². The van der Waals surface area contributed by atoms with Crippen molar-refractivity contribution in [2.75, 3.05) is 18.5 Å². The van der Waals surface area contributed by atoms with Gasteiger partial charge in [0.2, 0.25) is 11.8 Å². The first-order valence-electron chi connectivity index (χ1n) is 12.2. The van der Waals surface area contributed by atoms with Gasteiger partial charge in [-0.1, -0.05) is 42.5 Å². The largest absolute Gasteiger partial charge is 0.462 e. The quantitative estimate of drug-likeness (QED) is 0.317. The predicted molar refractivity (Wildman–Crippen MR) is 133 cm³/mol. The van der Waals surface area contributed by atoms with Crippen LogP contribution in [0.4, 0.5) is 5.69 Å². The first kappa shape index (κ1) is 25.8. The number of likely N-dealkylation sites (tertiary alicyclic amines) is 1. The molecule has 0 unspecified atom stereocenters. The van der Waals surface area contributed by atoms with Gasteiger partial charge in [0.05, 0.1) is 24.0 Å². The maximum Gasteiger partial charge on any atom is 0.338 e. The van der Waals surface area contributed by atoms with E-state index in [1.54, 1.807) is 31.2 Å². The Bertz CT molecular complexity index is 1180.